The molecular weight excluding hydrogens is 556 g/mol. The molecule has 3 aromatic rings. The molecule has 1 aliphatic rings. The number of aliphatic imine (C=N–C) groups is 1. The van der Waals surface area contributed by atoms with Gasteiger partial charge in [-0.2, -0.15) is 0 Å². The lowest BCUT2D eigenvalue weighted by Gasteiger charge is -2.29. The number of carbonyl (C=O) groups excluding carboxylic acids is 4. The Kier molecular flexibility index (Phi) is 10.2. The van der Waals surface area contributed by atoms with Crippen molar-refractivity contribution in [3.8, 4) is 0 Å². The highest BCUT2D eigenvalue weighted by Gasteiger charge is 2.38. The summed E-state index contributed by atoms with van der Waals surface area (Å²) in [5, 5.41) is 6.17. The van der Waals surface area contributed by atoms with Crippen molar-refractivity contribution < 1.29 is 19.2 Å². The van der Waals surface area contributed by atoms with E-state index in [9.17, 15) is 19.2 Å². The van der Waals surface area contributed by atoms with Gasteiger partial charge < -0.3 is 32.7 Å². The molecule has 2 heterocycles. The summed E-state index contributed by atoms with van der Waals surface area (Å²) in [5.41, 5.74) is 18.1. The predicted octanol–water partition coefficient (Wildman–Crippen LogP) is 0.938. The number of amides is 3. The van der Waals surface area contributed by atoms with E-state index < -0.39 is 29.9 Å². The number of nitrogens with one attached hydrogen (secondary N) is 2. The molecule has 1 fully saturated rings. The summed E-state index contributed by atoms with van der Waals surface area (Å²) in [4.78, 5) is 62.4. The Bertz CT molecular complexity index is 1470. The largest absolute Gasteiger partial charge is 0.370 e. The topological polar surface area (TPSA) is 199 Å². The first-order valence-corrected chi connectivity index (χ1v) is 14.6. The number of Topliss-reactive ketones (excluding diaryl/α,β-unsaturated/α-hetero) is 1. The van der Waals surface area contributed by atoms with Crippen molar-refractivity contribution in [2.45, 2.75) is 50.2 Å². The number of aromatic nitrogens is 1. The third kappa shape index (κ3) is 7.47. The fourth-order valence-corrected chi connectivity index (χ4v) is 6.04. The van der Waals surface area contributed by atoms with Crippen LogP contribution in [-0.4, -0.2) is 77.6 Å². The summed E-state index contributed by atoms with van der Waals surface area (Å²) in [6.45, 7) is 0.730. The first kappa shape index (κ1) is 30.6. The van der Waals surface area contributed by atoms with E-state index in [1.54, 1.807) is 30.1 Å². The molecule has 13 heteroatoms. The lowest BCUT2D eigenvalue weighted by atomic mass is 10.0. The predicted molar refractivity (Wildman–Crippen MR) is 162 cm³/mol. The maximum Gasteiger partial charge on any atom is 0.248 e. The van der Waals surface area contributed by atoms with Gasteiger partial charge in [0.1, 0.15) is 6.04 Å². The molecule has 3 unspecified atom stereocenters. The number of benzene rings is 2. The molecule has 8 N–H and O–H groups in total. The fourth-order valence-electron chi connectivity index (χ4n) is 5.04. The maximum absolute atomic E-state index is 13.7. The van der Waals surface area contributed by atoms with Crippen LogP contribution in [0.15, 0.2) is 53.5 Å². The van der Waals surface area contributed by atoms with Crippen LogP contribution in [0.25, 0.3) is 10.2 Å². The number of thiazole rings is 1. The maximum atomic E-state index is 13.7. The number of likely N-dealkylation sites (N-methyl/N-ethyl adjacent to an activating group) is 1. The average Bonchev–Trinajstić information content (AvgIpc) is 3.64. The number of likely N-dealkylation sites (tertiary alicyclic amines) is 1. The second kappa shape index (κ2) is 14.0. The Labute approximate surface area is 247 Å². The Balaban J connectivity index is 1.51. The molecule has 1 aliphatic heterocycles. The zero-order valence-electron chi connectivity index (χ0n) is 23.4. The number of hydrogen-bond donors (Lipinski definition) is 5. The van der Waals surface area contributed by atoms with Gasteiger partial charge in [-0.3, -0.25) is 24.2 Å². The van der Waals surface area contributed by atoms with E-state index in [0.29, 0.717) is 48.0 Å². The number of hydrogen-bond acceptors (Lipinski definition) is 8. The quantitative estimate of drug-likeness (QED) is 0.0835. The molecule has 12 nitrogen and oxygen atoms in total. The van der Waals surface area contributed by atoms with E-state index in [2.05, 4.69) is 20.6 Å². The van der Waals surface area contributed by atoms with Crippen molar-refractivity contribution >= 4 is 51.0 Å². The summed E-state index contributed by atoms with van der Waals surface area (Å²) in [6, 6.07) is 12.3. The minimum Gasteiger partial charge on any atom is -0.370 e. The van der Waals surface area contributed by atoms with Crippen LogP contribution in [0, 0.1) is 0 Å². The standard InChI is InChI=1S/C29H36N8O4S/c1-33-21(15-17-7-3-2-4-8-17)28(41)37-14-6-10-22(37)26(40)35-20(9-5-13-34-29(31)32)24(38)27-36-19-12-11-18(25(30)39)16-23(19)42-27/h2-4,7-8,11-12,16,20-22,33H,5-6,9-10,13-15H2,1H3,(H2,30,39)(H,35,40)(H4,31,32,34). The zero-order chi connectivity index (χ0) is 30.2. The van der Waals surface area contributed by atoms with Crippen molar-refractivity contribution in [2.24, 2.45) is 22.2 Å². The second-order valence-electron chi connectivity index (χ2n) is 10.2. The van der Waals surface area contributed by atoms with Crippen LogP contribution < -0.4 is 27.8 Å². The highest BCUT2D eigenvalue weighted by atomic mass is 32.1. The first-order chi connectivity index (χ1) is 20.2. The van der Waals surface area contributed by atoms with Crippen LogP contribution >= 0.6 is 11.3 Å². The van der Waals surface area contributed by atoms with E-state index in [4.69, 9.17) is 17.2 Å². The van der Waals surface area contributed by atoms with Crippen molar-refractivity contribution in [3.63, 3.8) is 0 Å². The lowest BCUT2D eigenvalue weighted by Crippen LogP contribution is -2.54. The Morgan fingerprint density at radius 1 is 1.10 bits per heavy atom. The molecule has 0 aliphatic carbocycles. The van der Waals surface area contributed by atoms with Crippen molar-refractivity contribution in [3.05, 3.63) is 64.7 Å². The van der Waals surface area contributed by atoms with Gasteiger partial charge >= 0.3 is 0 Å². The molecule has 4 rings (SSSR count). The van der Waals surface area contributed by atoms with Crippen molar-refractivity contribution in [1.29, 1.82) is 0 Å². The SMILES string of the molecule is CNC(Cc1ccccc1)C(=O)N1CCCC1C(=O)NC(CCCN=C(N)N)C(=O)c1nc2ccc(C(N)=O)cc2s1. The summed E-state index contributed by atoms with van der Waals surface area (Å²) in [6.07, 6.45) is 2.34. The monoisotopic (exact) mass is 592 g/mol. The number of nitrogens with zero attached hydrogens (tertiary/aromatic N) is 3. The summed E-state index contributed by atoms with van der Waals surface area (Å²) >= 11 is 1.12. The van der Waals surface area contributed by atoms with Gasteiger partial charge in [-0.05, 0) is 62.9 Å². The number of guanidine groups is 1. The molecule has 3 atom stereocenters. The van der Waals surface area contributed by atoms with E-state index in [0.717, 1.165) is 16.9 Å². The van der Waals surface area contributed by atoms with Gasteiger partial charge in [0.25, 0.3) is 0 Å². The highest BCUT2D eigenvalue weighted by molar-refractivity contribution is 7.20. The number of fused-ring (bicyclic) bond motifs is 1. The molecule has 1 saturated heterocycles. The van der Waals surface area contributed by atoms with E-state index >= 15 is 0 Å². The third-order valence-electron chi connectivity index (χ3n) is 7.23. The minimum atomic E-state index is -0.912. The lowest BCUT2D eigenvalue weighted by molar-refractivity contribution is -0.140. The van der Waals surface area contributed by atoms with Gasteiger partial charge in [0.2, 0.25) is 23.5 Å². The van der Waals surface area contributed by atoms with Crippen LogP contribution in [0.3, 0.4) is 0 Å². The van der Waals surface area contributed by atoms with E-state index in [1.807, 2.05) is 30.3 Å². The van der Waals surface area contributed by atoms with Crippen LogP contribution in [0.2, 0.25) is 0 Å². The number of rotatable bonds is 13. The van der Waals surface area contributed by atoms with E-state index in [-0.39, 0.29) is 35.6 Å². The van der Waals surface area contributed by atoms with Gasteiger partial charge in [-0.15, -0.1) is 11.3 Å². The Morgan fingerprint density at radius 2 is 1.86 bits per heavy atom. The molecule has 0 bridgehead atoms. The Hall–Kier alpha value is -4.36. The van der Waals surface area contributed by atoms with Gasteiger partial charge in [0, 0.05) is 18.7 Å². The average molecular weight is 593 g/mol. The molecule has 2 aromatic carbocycles. The molecule has 0 spiro atoms. The van der Waals surface area contributed by atoms with Crippen LogP contribution in [0.1, 0.15) is 51.4 Å². The van der Waals surface area contributed by atoms with Gasteiger partial charge in [-0.25, -0.2) is 4.98 Å². The highest BCUT2D eigenvalue weighted by Crippen LogP contribution is 2.26. The fraction of sp³-hybridized carbons (Fsp3) is 0.379. The molecule has 0 saturated carbocycles. The van der Waals surface area contributed by atoms with Crippen molar-refractivity contribution in [2.75, 3.05) is 20.1 Å². The summed E-state index contributed by atoms with van der Waals surface area (Å²) < 4.78 is 0.629. The number of ketones is 1. The van der Waals surface area contributed by atoms with Gasteiger partial charge in [-0.1, -0.05) is 30.3 Å². The summed E-state index contributed by atoms with van der Waals surface area (Å²) in [5.74, 6) is -1.57. The molecular formula is C29H36N8O4S. The number of carbonyl (C=O) groups is 4. The molecule has 222 valence electrons. The smallest absolute Gasteiger partial charge is 0.248 e. The van der Waals surface area contributed by atoms with Gasteiger partial charge in [0.05, 0.1) is 22.3 Å². The second-order valence-corrected chi connectivity index (χ2v) is 11.2. The first-order valence-electron chi connectivity index (χ1n) is 13.8. The normalized spacial score (nSPS) is 16.1. The molecule has 42 heavy (non-hydrogen) atoms. The number of primary amides is 1. The van der Waals surface area contributed by atoms with E-state index in [1.165, 1.54) is 0 Å². The number of nitrogens with two attached hydrogens (primary N) is 3. The zero-order valence-corrected chi connectivity index (χ0v) is 24.2. The van der Waals surface area contributed by atoms with Crippen LogP contribution in [0.4, 0.5) is 0 Å². The molecule has 1 aromatic heterocycles. The van der Waals surface area contributed by atoms with Crippen LogP contribution in [-0.2, 0) is 16.0 Å². The van der Waals surface area contributed by atoms with Crippen LogP contribution in [0.5, 0.6) is 0 Å². The molecule has 3 amide bonds. The third-order valence-corrected chi connectivity index (χ3v) is 8.26. The van der Waals surface area contributed by atoms with Gasteiger partial charge in [0.15, 0.2) is 11.0 Å². The Morgan fingerprint density at radius 3 is 2.55 bits per heavy atom. The van der Waals surface area contributed by atoms with Crippen molar-refractivity contribution in [1.82, 2.24) is 20.5 Å². The minimum absolute atomic E-state index is 0.0620. The summed E-state index contributed by atoms with van der Waals surface area (Å²) in [7, 11) is 1.73. The molecule has 0 radical (unpaired) electrons.